The molecule has 0 spiro atoms. The van der Waals surface area contributed by atoms with Gasteiger partial charge >= 0.3 is 0 Å². The summed E-state index contributed by atoms with van der Waals surface area (Å²) in [6.07, 6.45) is 3.65. The number of sulfone groups is 1. The summed E-state index contributed by atoms with van der Waals surface area (Å²) in [6.45, 7) is 0. The first-order chi connectivity index (χ1) is 5.03. The van der Waals surface area contributed by atoms with Crippen molar-refractivity contribution in [2.75, 3.05) is 19.1 Å². The summed E-state index contributed by atoms with van der Waals surface area (Å²) in [7, 11) is -0.975. The quantitative estimate of drug-likeness (QED) is 0.659. The molecule has 0 saturated heterocycles. The van der Waals surface area contributed by atoms with Crippen molar-refractivity contribution in [3.63, 3.8) is 0 Å². The topological polar surface area (TPSA) is 46.2 Å². The van der Waals surface area contributed by atoms with Gasteiger partial charge in [-0.05, 0) is 25.8 Å². The van der Waals surface area contributed by atoms with Gasteiger partial charge in [0.2, 0.25) is 0 Å². The average Bonchev–Trinajstić information content (AvgIpc) is 2.61. The van der Waals surface area contributed by atoms with Crippen molar-refractivity contribution >= 4 is 9.84 Å². The molecular weight excluding hydrogens is 162 g/mol. The molecule has 0 heterocycles. The summed E-state index contributed by atoms with van der Waals surface area (Å²) < 4.78 is 21.8. The first-order valence-corrected chi connectivity index (χ1v) is 5.94. The Balaban J connectivity index is 2.43. The molecule has 66 valence electrons. The molecule has 1 saturated carbocycles. The minimum atomic E-state index is -2.80. The molecule has 1 N–H and O–H groups in total. The number of nitrogens with one attached hydrogen (secondary N) is 1. The highest BCUT2D eigenvalue weighted by molar-refractivity contribution is 7.90. The van der Waals surface area contributed by atoms with Gasteiger partial charge in [0.15, 0.2) is 0 Å². The van der Waals surface area contributed by atoms with Gasteiger partial charge in [0.1, 0.15) is 9.84 Å². The lowest BCUT2D eigenvalue weighted by Crippen LogP contribution is -2.34. The lowest BCUT2D eigenvalue weighted by Gasteiger charge is -2.12. The molecule has 0 radical (unpaired) electrons. The molecular formula is C7H15NO2S. The monoisotopic (exact) mass is 177 g/mol. The molecule has 0 aliphatic heterocycles. The molecule has 0 amide bonds. The van der Waals surface area contributed by atoms with Gasteiger partial charge in [-0.25, -0.2) is 8.42 Å². The van der Waals surface area contributed by atoms with E-state index in [2.05, 4.69) is 5.32 Å². The van der Waals surface area contributed by atoms with Crippen LogP contribution in [-0.4, -0.2) is 33.5 Å². The Labute approximate surface area is 68.1 Å². The van der Waals surface area contributed by atoms with Gasteiger partial charge in [0.05, 0.1) is 5.75 Å². The molecule has 1 fully saturated rings. The molecule has 3 nitrogen and oxygen atoms in total. The van der Waals surface area contributed by atoms with E-state index < -0.39 is 9.84 Å². The Morgan fingerprint density at radius 1 is 1.55 bits per heavy atom. The van der Waals surface area contributed by atoms with Crippen LogP contribution in [0.2, 0.25) is 0 Å². The van der Waals surface area contributed by atoms with E-state index in [4.69, 9.17) is 0 Å². The first kappa shape index (κ1) is 9.00. The molecule has 0 bridgehead atoms. The van der Waals surface area contributed by atoms with Crippen LogP contribution in [0.5, 0.6) is 0 Å². The van der Waals surface area contributed by atoms with Crippen LogP contribution in [0.3, 0.4) is 0 Å². The van der Waals surface area contributed by atoms with Gasteiger partial charge < -0.3 is 5.32 Å². The maximum atomic E-state index is 10.9. The second-order valence-corrected chi connectivity index (χ2v) is 5.51. The summed E-state index contributed by atoms with van der Waals surface area (Å²) in [5.41, 5.74) is 0. The molecule has 11 heavy (non-hydrogen) atoms. The lowest BCUT2D eigenvalue weighted by molar-refractivity contribution is 0.530. The van der Waals surface area contributed by atoms with Crippen LogP contribution in [0, 0.1) is 5.92 Å². The minimum absolute atomic E-state index is 0.185. The van der Waals surface area contributed by atoms with Gasteiger partial charge in [-0.3, -0.25) is 0 Å². The van der Waals surface area contributed by atoms with Crippen LogP contribution < -0.4 is 5.32 Å². The highest BCUT2D eigenvalue weighted by Gasteiger charge is 2.31. The lowest BCUT2D eigenvalue weighted by atomic mass is 10.2. The summed E-state index contributed by atoms with van der Waals surface area (Å²) in [5, 5.41) is 3.04. The van der Waals surface area contributed by atoms with E-state index in [1.165, 1.54) is 19.1 Å². The number of hydrogen-bond donors (Lipinski definition) is 1. The smallest absolute Gasteiger partial charge is 0.148 e. The molecule has 1 unspecified atom stereocenters. The largest absolute Gasteiger partial charge is 0.316 e. The van der Waals surface area contributed by atoms with Crippen molar-refractivity contribution in [1.82, 2.24) is 5.32 Å². The van der Waals surface area contributed by atoms with Crippen molar-refractivity contribution in [2.45, 2.75) is 18.9 Å². The van der Waals surface area contributed by atoms with Gasteiger partial charge in [0, 0.05) is 12.3 Å². The summed E-state index contributed by atoms with van der Waals surface area (Å²) in [6, 6.07) is 0.185. The zero-order valence-corrected chi connectivity index (χ0v) is 7.82. The maximum Gasteiger partial charge on any atom is 0.148 e. The third-order valence-electron chi connectivity index (χ3n) is 2.04. The van der Waals surface area contributed by atoms with E-state index in [9.17, 15) is 8.42 Å². The fraction of sp³-hybridized carbons (Fsp3) is 1.00. The van der Waals surface area contributed by atoms with Crippen molar-refractivity contribution in [1.29, 1.82) is 0 Å². The first-order valence-electron chi connectivity index (χ1n) is 3.88. The maximum absolute atomic E-state index is 10.9. The summed E-state index contributed by atoms with van der Waals surface area (Å²) in [5.74, 6) is 0.892. The van der Waals surface area contributed by atoms with Crippen LogP contribution in [0.15, 0.2) is 0 Å². The second kappa shape index (κ2) is 3.11. The third kappa shape index (κ3) is 3.20. The number of hydrogen-bond acceptors (Lipinski definition) is 3. The van der Waals surface area contributed by atoms with E-state index in [1.54, 1.807) is 0 Å². The predicted octanol–water partition coefficient (Wildman–Crippen LogP) is 0.0290. The van der Waals surface area contributed by atoms with Crippen molar-refractivity contribution < 1.29 is 8.42 Å². The molecule has 0 aromatic heterocycles. The van der Waals surface area contributed by atoms with E-state index in [0.717, 1.165) is 0 Å². The zero-order valence-electron chi connectivity index (χ0n) is 7.00. The molecule has 1 atom stereocenters. The van der Waals surface area contributed by atoms with Gasteiger partial charge in [-0.2, -0.15) is 0 Å². The normalized spacial score (nSPS) is 21.6. The molecule has 0 aromatic carbocycles. The van der Waals surface area contributed by atoms with Crippen LogP contribution in [0.1, 0.15) is 12.8 Å². The fourth-order valence-electron chi connectivity index (χ4n) is 1.28. The Bertz CT molecular complexity index is 219. The van der Waals surface area contributed by atoms with Crippen molar-refractivity contribution in [3.8, 4) is 0 Å². The zero-order chi connectivity index (χ0) is 8.48. The van der Waals surface area contributed by atoms with E-state index in [1.807, 2.05) is 7.05 Å². The van der Waals surface area contributed by atoms with Gasteiger partial charge in [-0.1, -0.05) is 0 Å². The third-order valence-corrected chi connectivity index (χ3v) is 3.01. The Morgan fingerprint density at radius 3 is 2.36 bits per heavy atom. The van der Waals surface area contributed by atoms with Crippen LogP contribution >= 0.6 is 0 Å². The van der Waals surface area contributed by atoms with Crippen molar-refractivity contribution in [2.24, 2.45) is 5.92 Å². The second-order valence-electron chi connectivity index (χ2n) is 3.33. The van der Waals surface area contributed by atoms with Gasteiger partial charge in [0.25, 0.3) is 0 Å². The van der Waals surface area contributed by atoms with E-state index in [0.29, 0.717) is 5.92 Å². The Kier molecular flexibility index (Phi) is 2.54. The molecule has 4 heteroatoms. The molecule has 1 aliphatic rings. The molecule has 1 rings (SSSR count). The van der Waals surface area contributed by atoms with Crippen LogP contribution in [0.25, 0.3) is 0 Å². The summed E-state index contributed by atoms with van der Waals surface area (Å²) in [4.78, 5) is 0. The Hall–Kier alpha value is -0.0900. The fourth-order valence-corrected chi connectivity index (χ4v) is 2.37. The highest BCUT2D eigenvalue weighted by atomic mass is 32.2. The predicted molar refractivity (Wildman–Crippen MR) is 45.3 cm³/mol. The molecule has 0 aromatic rings. The summed E-state index contributed by atoms with van der Waals surface area (Å²) >= 11 is 0. The molecule has 1 aliphatic carbocycles. The van der Waals surface area contributed by atoms with Gasteiger partial charge in [-0.15, -0.1) is 0 Å². The van der Waals surface area contributed by atoms with E-state index in [-0.39, 0.29) is 11.8 Å². The minimum Gasteiger partial charge on any atom is -0.316 e. The highest BCUT2D eigenvalue weighted by Crippen LogP contribution is 2.32. The van der Waals surface area contributed by atoms with E-state index >= 15 is 0 Å². The number of rotatable bonds is 4. The standard InChI is InChI=1S/C7H15NO2S/c1-8-7(6-3-4-6)5-11(2,9)10/h6-8H,3-5H2,1-2H3. The SMILES string of the molecule is CNC(CS(C)(=O)=O)C1CC1. The average molecular weight is 177 g/mol. The van der Waals surface area contributed by atoms with Crippen LogP contribution in [-0.2, 0) is 9.84 Å². The Morgan fingerprint density at radius 2 is 2.09 bits per heavy atom. The van der Waals surface area contributed by atoms with Crippen LogP contribution in [0.4, 0.5) is 0 Å². The van der Waals surface area contributed by atoms with Crippen molar-refractivity contribution in [3.05, 3.63) is 0 Å².